The molecule has 0 fully saturated rings. The summed E-state index contributed by atoms with van der Waals surface area (Å²) in [6.07, 6.45) is 5.33. The molecule has 0 saturated carbocycles. The van der Waals surface area contributed by atoms with Crippen LogP contribution >= 0.6 is 0 Å². The van der Waals surface area contributed by atoms with E-state index in [2.05, 4.69) is 20.9 Å². The standard InChI is InChI=1S/C22H25FN6O2/c1-12-5-6-14-9-15(23)10-16(19(14)30-12)13(2)25-18-7-8-29-21(26-18)17(11-24-29)20-27-22(3,4)31-28-20/h7-13H,5-6H2,1-4H3,(H,25,26)(H,27,28)/t12?,13-/m1/s1. The summed E-state index contributed by atoms with van der Waals surface area (Å²) in [7, 11) is 0. The van der Waals surface area contributed by atoms with E-state index in [-0.39, 0.29) is 18.0 Å². The summed E-state index contributed by atoms with van der Waals surface area (Å²) < 4.78 is 22.0. The number of benzene rings is 1. The van der Waals surface area contributed by atoms with Crippen LogP contribution in [0.5, 0.6) is 5.75 Å². The maximum absolute atomic E-state index is 14.3. The minimum atomic E-state index is -0.651. The van der Waals surface area contributed by atoms with Crippen LogP contribution in [0, 0.1) is 5.82 Å². The first kappa shape index (κ1) is 19.7. The van der Waals surface area contributed by atoms with Gasteiger partial charge in [-0.3, -0.25) is 0 Å². The zero-order valence-electron chi connectivity index (χ0n) is 17.9. The smallest absolute Gasteiger partial charge is 0.182 e. The summed E-state index contributed by atoms with van der Waals surface area (Å²) in [5.74, 6) is 1.74. The lowest BCUT2D eigenvalue weighted by Crippen LogP contribution is -2.23. The maximum Gasteiger partial charge on any atom is 0.182 e. The summed E-state index contributed by atoms with van der Waals surface area (Å²) in [5.41, 5.74) is 5.27. The molecule has 1 aromatic carbocycles. The third-order valence-electron chi connectivity index (χ3n) is 5.53. The van der Waals surface area contributed by atoms with Gasteiger partial charge in [0.05, 0.1) is 23.9 Å². The molecular weight excluding hydrogens is 399 g/mol. The van der Waals surface area contributed by atoms with Crippen molar-refractivity contribution in [1.29, 1.82) is 0 Å². The predicted molar refractivity (Wildman–Crippen MR) is 115 cm³/mol. The van der Waals surface area contributed by atoms with E-state index in [4.69, 9.17) is 14.6 Å². The molecule has 1 unspecified atom stereocenters. The van der Waals surface area contributed by atoms with Gasteiger partial charge >= 0.3 is 0 Å². The highest BCUT2D eigenvalue weighted by atomic mass is 19.1. The fourth-order valence-corrected chi connectivity index (χ4v) is 3.96. The number of amidine groups is 1. The largest absolute Gasteiger partial charge is 0.490 e. The van der Waals surface area contributed by atoms with Gasteiger partial charge in [0.1, 0.15) is 17.4 Å². The molecular formula is C22H25FN6O2. The van der Waals surface area contributed by atoms with Gasteiger partial charge in [0, 0.05) is 11.8 Å². The van der Waals surface area contributed by atoms with Gasteiger partial charge in [0.2, 0.25) is 0 Å². The van der Waals surface area contributed by atoms with Gasteiger partial charge in [-0.05, 0) is 64.3 Å². The molecule has 2 aliphatic heterocycles. The van der Waals surface area contributed by atoms with Crippen molar-refractivity contribution in [2.45, 2.75) is 58.4 Å². The first-order valence-electron chi connectivity index (χ1n) is 10.4. The number of fused-ring (bicyclic) bond motifs is 2. The lowest BCUT2D eigenvalue weighted by Gasteiger charge is -2.28. The average molecular weight is 424 g/mol. The number of halogens is 1. The Bertz CT molecular complexity index is 1190. The number of aliphatic imine (C=N–C) groups is 1. The van der Waals surface area contributed by atoms with Crippen LogP contribution in [0.4, 0.5) is 10.2 Å². The minimum Gasteiger partial charge on any atom is -0.490 e. The number of rotatable bonds is 4. The van der Waals surface area contributed by atoms with Crippen LogP contribution in [0.15, 0.2) is 35.6 Å². The van der Waals surface area contributed by atoms with Gasteiger partial charge in [0.25, 0.3) is 0 Å². The number of aromatic nitrogens is 3. The molecule has 0 saturated heterocycles. The highest BCUT2D eigenvalue weighted by molar-refractivity contribution is 6.03. The number of anilines is 1. The zero-order valence-corrected chi connectivity index (χ0v) is 17.9. The van der Waals surface area contributed by atoms with Gasteiger partial charge in [-0.1, -0.05) is 0 Å². The van der Waals surface area contributed by atoms with Crippen LogP contribution in [0.3, 0.4) is 0 Å². The normalized spacial score (nSPS) is 20.5. The van der Waals surface area contributed by atoms with Crippen LogP contribution in [0.25, 0.3) is 5.65 Å². The SMILES string of the molecule is CC1CCc2cc(F)cc([C@@H](C)Nc3ccn4ncc(C5=NC(C)(C)ON5)c4n3)c2O1. The van der Waals surface area contributed by atoms with Crippen LogP contribution < -0.4 is 15.5 Å². The summed E-state index contributed by atoms with van der Waals surface area (Å²) in [5, 5.41) is 7.72. The lowest BCUT2D eigenvalue weighted by molar-refractivity contribution is -0.0269. The topological polar surface area (TPSA) is 85.1 Å². The van der Waals surface area contributed by atoms with E-state index in [1.807, 2.05) is 40.0 Å². The molecule has 3 aromatic rings. The van der Waals surface area contributed by atoms with E-state index in [0.717, 1.165) is 35.3 Å². The molecule has 2 aliphatic rings. The average Bonchev–Trinajstić information content (AvgIpc) is 3.29. The second-order valence-corrected chi connectivity index (χ2v) is 8.57. The lowest BCUT2D eigenvalue weighted by atomic mass is 9.96. The number of aryl methyl sites for hydroxylation is 1. The molecule has 2 atom stereocenters. The number of ether oxygens (including phenoxy) is 1. The second-order valence-electron chi connectivity index (χ2n) is 8.57. The molecule has 0 radical (unpaired) electrons. The van der Waals surface area contributed by atoms with E-state index in [1.54, 1.807) is 16.8 Å². The van der Waals surface area contributed by atoms with Crippen molar-refractivity contribution in [2.75, 3.05) is 5.32 Å². The van der Waals surface area contributed by atoms with Crippen molar-refractivity contribution >= 4 is 17.3 Å². The fraction of sp³-hybridized carbons (Fsp3) is 0.409. The molecule has 0 bridgehead atoms. The Morgan fingerprint density at radius 1 is 1.35 bits per heavy atom. The first-order chi connectivity index (χ1) is 14.8. The maximum atomic E-state index is 14.3. The zero-order chi connectivity index (χ0) is 21.8. The van der Waals surface area contributed by atoms with Crippen LogP contribution in [0.1, 0.15) is 56.8 Å². The summed E-state index contributed by atoms with van der Waals surface area (Å²) in [6, 6.07) is 4.73. The van der Waals surface area contributed by atoms with Crippen LogP contribution in [-0.2, 0) is 11.3 Å². The molecule has 8 nitrogen and oxygen atoms in total. The summed E-state index contributed by atoms with van der Waals surface area (Å²) in [6.45, 7) is 7.74. The Morgan fingerprint density at radius 3 is 2.97 bits per heavy atom. The number of hydroxylamine groups is 1. The Labute approximate surface area is 179 Å². The molecule has 9 heteroatoms. The van der Waals surface area contributed by atoms with E-state index in [1.165, 1.54) is 6.07 Å². The molecule has 2 aromatic heterocycles. The van der Waals surface area contributed by atoms with Crippen LogP contribution in [-0.4, -0.2) is 32.3 Å². The van der Waals surface area contributed by atoms with Crippen molar-refractivity contribution in [3.63, 3.8) is 0 Å². The Hall–Kier alpha value is -3.20. The monoisotopic (exact) mass is 424 g/mol. The third kappa shape index (κ3) is 3.69. The quantitative estimate of drug-likeness (QED) is 0.663. The van der Waals surface area contributed by atoms with E-state index < -0.39 is 5.72 Å². The number of hydrogen-bond donors (Lipinski definition) is 2. The van der Waals surface area contributed by atoms with Gasteiger partial charge in [-0.25, -0.2) is 29.2 Å². The van der Waals surface area contributed by atoms with E-state index in [0.29, 0.717) is 17.3 Å². The molecule has 0 aliphatic carbocycles. The predicted octanol–water partition coefficient (Wildman–Crippen LogP) is 3.77. The van der Waals surface area contributed by atoms with Gasteiger partial charge in [-0.15, -0.1) is 0 Å². The van der Waals surface area contributed by atoms with Crippen molar-refractivity contribution in [3.05, 3.63) is 53.1 Å². The van der Waals surface area contributed by atoms with Gasteiger partial charge in [-0.2, -0.15) is 5.10 Å². The molecule has 0 spiro atoms. The first-order valence-corrected chi connectivity index (χ1v) is 10.4. The summed E-state index contributed by atoms with van der Waals surface area (Å²) >= 11 is 0. The van der Waals surface area contributed by atoms with Crippen molar-refractivity contribution in [2.24, 2.45) is 4.99 Å². The molecule has 2 N–H and O–H groups in total. The number of nitrogens with zero attached hydrogens (tertiary/aromatic N) is 4. The molecule has 162 valence electrons. The molecule has 5 rings (SSSR count). The molecule has 4 heterocycles. The summed E-state index contributed by atoms with van der Waals surface area (Å²) in [4.78, 5) is 14.7. The van der Waals surface area contributed by atoms with E-state index in [9.17, 15) is 4.39 Å². The molecule has 31 heavy (non-hydrogen) atoms. The number of nitrogens with one attached hydrogen (secondary N) is 2. The fourth-order valence-electron chi connectivity index (χ4n) is 3.96. The van der Waals surface area contributed by atoms with Gasteiger partial charge < -0.3 is 10.1 Å². The van der Waals surface area contributed by atoms with Gasteiger partial charge in [0.15, 0.2) is 17.2 Å². The van der Waals surface area contributed by atoms with Crippen molar-refractivity contribution in [3.8, 4) is 5.75 Å². The van der Waals surface area contributed by atoms with Crippen LogP contribution in [0.2, 0.25) is 0 Å². The van der Waals surface area contributed by atoms with Crippen molar-refractivity contribution < 1.29 is 14.0 Å². The second kappa shape index (κ2) is 7.19. The Morgan fingerprint density at radius 2 is 2.19 bits per heavy atom. The van der Waals surface area contributed by atoms with E-state index >= 15 is 0 Å². The minimum absolute atomic E-state index is 0.110. The molecule has 0 amide bonds. The van der Waals surface area contributed by atoms with Crippen molar-refractivity contribution in [1.82, 2.24) is 20.1 Å². The number of hydrogen-bond acceptors (Lipinski definition) is 7. The highest BCUT2D eigenvalue weighted by Crippen LogP contribution is 2.36. The Kier molecular flexibility index (Phi) is 4.58. The highest BCUT2D eigenvalue weighted by Gasteiger charge is 2.28. The Balaban J connectivity index is 1.46. The third-order valence-corrected chi connectivity index (χ3v) is 5.53.